The van der Waals surface area contributed by atoms with E-state index in [4.69, 9.17) is 16.6 Å². The zero-order chi connectivity index (χ0) is 15.0. The molecule has 1 aromatic heterocycles. The number of hydrogen-bond acceptors (Lipinski definition) is 1. The molecule has 0 aliphatic heterocycles. The lowest BCUT2D eigenvalue weighted by molar-refractivity contribution is 0.208. The van der Waals surface area contributed by atoms with E-state index in [0.717, 1.165) is 17.9 Å². The van der Waals surface area contributed by atoms with E-state index in [9.17, 15) is 0 Å². The predicted octanol–water partition coefficient (Wildman–Crippen LogP) is 5.12. The van der Waals surface area contributed by atoms with E-state index in [2.05, 4.69) is 43.5 Å². The van der Waals surface area contributed by atoms with Gasteiger partial charge in [0.25, 0.3) is 0 Å². The van der Waals surface area contributed by atoms with E-state index >= 15 is 0 Å². The molecule has 1 heterocycles. The highest BCUT2D eigenvalue weighted by Gasteiger charge is 2.29. The van der Waals surface area contributed by atoms with Gasteiger partial charge in [-0.1, -0.05) is 26.0 Å². The maximum Gasteiger partial charge on any atom is 0.111 e. The Labute approximate surface area is 132 Å². The van der Waals surface area contributed by atoms with Crippen molar-refractivity contribution in [1.29, 1.82) is 0 Å². The van der Waals surface area contributed by atoms with Crippen LogP contribution in [-0.2, 0) is 6.42 Å². The van der Waals surface area contributed by atoms with Gasteiger partial charge in [0.2, 0.25) is 0 Å². The molecule has 1 saturated carbocycles. The third-order valence-electron chi connectivity index (χ3n) is 5.03. The van der Waals surface area contributed by atoms with Gasteiger partial charge in [-0.25, -0.2) is 4.98 Å². The molecule has 3 atom stereocenters. The fourth-order valence-electron chi connectivity index (χ4n) is 3.97. The molecule has 21 heavy (non-hydrogen) atoms. The minimum Gasteiger partial charge on any atom is -0.325 e. The highest BCUT2D eigenvalue weighted by molar-refractivity contribution is 6.17. The van der Waals surface area contributed by atoms with Gasteiger partial charge in [0.1, 0.15) is 5.82 Å². The van der Waals surface area contributed by atoms with Crippen molar-refractivity contribution >= 4 is 22.6 Å². The van der Waals surface area contributed by atoms with Crippen LogP contribution in [0, 0.1) is 18.8 Å². The molecule has 1 aliphatic rings. The normalized spacial score (nSPS) is 26.4. The van der Waals surface area contributed by atoms with E-state index in [1.54, 1.807) is 0 Å². The first kappa shape index (κ1) is 14.9. The van der Waals surface area contributed by atoms with Crippen molar-refractivity contribution < 1.29 is 0 Å². The smallest absolute Gasteiger partial charge is 0.111 e. The van der Waals surface area contributed by atoms with Crippen LogP contribution in [0.15, 0.2) is 18.2 Å². The predicted molar refractivity (Wildman–Crippen MR) is 90.1 cm³/mol. The van der Waals surface area contributed by atoms with Gasteiger partial charge in [-0.2, -0.15) is 0 Å². The highest BCUT2D eigenvalue weighted by atomic mass is 35.5. The van der Waals surface area contributed by atoms with Crippen LogP contribution in [0.4, 0.5) is 0 Å². The summed E-state index contributed by atoms with van der Waals surface area (Å²) in [7, 11) is 0. The molecule has 114 valence electrons. The van der Waals surface area contributed by atoms with Crippen LogP contribution in [0.5, 0.6) is 0 Å². The molecule has 0 radical (unpaired) electrons. The molecular formula is C18H25ClN2. The molecular weight excluding hydrogens is 280 g/mol. The molecule has 2 nitrogen and oxygen atoms in total. The average molecular weight is 305 g/mol. The van der Waals surface area contributed by atoms with Crippen LogP contribution in [0.2, 0.25) is 0 Å². The van der Waals surface area contributed by atoms with Crippen molar-refractivity contribution in [2.45, 2.75) is 52.5 Å². The third kappa shape index (κ3) is 2.70. The SMILES string of the molecule is Cc1cccc2c1nc(CCCl)n2C1CCC(C)CC1C. The Hall–Kier alpha value is -1.02. The van der Waals surface area contributed by atoms with Crippen LogP contribution >= 0.6 is 11.6 Å². The second-order valence-electron chi connectivity index (χ2n) is 6.74. The third-order valence-corrected chi connectivity index (χ3v) is 5.22. The second-order valence-corrected chi connectivity index (χ2v) is 7.12. The zero-order valence-corrected chi connectivity index (χ0v) is 14.0. The van der Waals surface area contributed by atoms with Gasteiger partial charge in [-0.15, -0.1) is 11.6 Å². The summed E-state index contributed by atoms with van der Waals surface area (Å²) in [5.41, 5.74) is 3.71. The number of rotatable bonds is 3. The van der Waals surface area contributed by atoms with Crippen molar-refractivity contribution in [2.24, 2.45) is 11.8 Å². The quantitative estimate of drug-likeness (QED) is 0.719. The summed E-state index contributed by atoms with van der Waals surface area (Å²) in [6, 6.07) is 7.09. The maximum absolute atomic E-state index is 6.02. The van der Waals surface area contributed by atoms with Crippen LogP contribution in [0.3, 0.4) is 0 Å². The van der Waals surface area contributed by atoms with Gasteiger partial charge in [0.05, 0.1) is 11.0 Å². The standard InChI is InChI=1S/C18H25ClN2/c1-12-7-8-15(14(3)11-12)21-16-6-4-5-13(2)18(16)20-17(21)9-10-19/h4-6,12,14-15H,7-11H2,1-3H3. The Morgan fingerprint density at radius 1 is 1.29 bits per heavy atom. The monoisotopic (exact) mass is 304 g/mol. The molecule has 0 saturated heterocycles. The number of nitrogens with zero attached hydrogens (tertiary/aromatic N) is 2. The fourth-order valence-corrected chi connectivity index (χ4v) is 4.14. The number of aromatic nitrogens is 2. The molecule has 0 spiro atoms. The number of hydrogen-bond donors (Lipinski definition) is 0. The molecule has 0 amide bonds. The molecule has 3 rings (SSSR count). The summed E-state index contributed by atoms with van der Waals surface area (Å²) in [4.78, 5) is 4.91. The average Bonchev–Trinajstić information content (AvgIpc) is 2.79. The van der Waals surface area contributed by atoms with Crippen molar-refractivity contribution in [3.8, 4) is 0 Å². The first-order valence-electron chi connectivity index (χ1n) is 8.14. The zero-order valence-electron chi connectivity index (χ0n) is 13.3. The van der Waals surface area contributed by atoms with Crippen LogP contribution < -0.4 is 0 Å². The van der Waals surface area contributed by atoms with E-state index in [1.807, 2.05) is 0 Å². The molecule has 0 bridgehead atoms. The minimum atomic E-state index is 0.575. The first-order chi connectivity index (χ1) is 10.1. The number of fused-ring (bicyclic) bond motifs is 1. The van der Waals surface area contributed by atoms with Gasteiger partial charge >= 0.3 is 0 Å². The lowest BCUT2D eigenvalue weighted by atomic mass is 9.79. The second kappa shape index (κ2) is 6.00. The Morgan fingerprint density at radius 3 is 2.81 bits per heavy atom. The van der Waals surface area contributed by atoms with Gasteiger partial charge in [-0.05, 0) is 49.7 Å². The number of benzene rings is 1. The van der Waals surface area contributed by atoms with Crippen LogP contribution in [-0.4, -0.2) is 15.4 Å². The van der Waals surface area contributed by atoms with Crippen LogP contribution in [0.1, 0.15) is 50.5 Å². The number of alkyl halides is 1. The lowest BCUT2D eigenvalue weighted by Crippen LogP contribution is -2.26. The highest BCUT2D eigenvalue weighted by Crippen LogP contribution is 2.39. The van der Waals surface area contributed by atoms with Gasteiger partial charge in [-0.3, -0.25) is 0 Å². The topological polar surface area (TPSA) is 17.8 Å². The number of imidazole rings is 1. The molecule has 1 aromatic carbocycles. The number of halogens is 1. The van der Waals surface area contributed by atoms with E-state index < -0.39 is 0 Å². The summed E-state index contributed by atoms with van der Waals surface area (Å²) >= 11 is 6.02. The largest absolute Gasteiger partial charge is 0.325 e. The van der Waals surface area contributed by atoms with E-state index in [0.29, 0.717) is 17.8 Å². The summed E-state index contributed by atoms with van der Waals surface area (Å²) in [5, 5.41) is 0. The van der Waals surface area contributed by atoms with Gasteiger partial charge in [0, 0.05) is 18.3 Å². The maximum atomic E-state index is 6.02. The molecule has 3 unspecified atom stereocenters. The minimum absolute atomic E-state index is 0.575. The van der Waals surface area contributed by atoms with Crippen molar-refractivity contribution in [3.05, 3.63) is 29.6 Å². The Bertz CT molecular complexity index is 631. The van der Waals surface area contributed by atoms with Gasteiger partial charge in [0.15, 0.2) is 0 Å². The van der Waals surface area contributed by atoms with Crippen molar-refractivity contribution in [3.63, 3.8) is 0 Å². The number of para-hydroxylation sites is 1. The Morgan fingerprint density at radius 2 is 2.10 bits per heavy atom. The molecule has 3 heteroatoms. The summed E-state index contributed by atoms with van der Waals surface area (Å²) in [6.07, 6.45) is 4.75. The summed E-state index contributed by atoms with van der Waals surface area (Å²) < 4.78 is 2.50. The van der Waals surface area contributed by atoms with Crippen LogP contribution in [0.25, 0.3) is 11.0 Å². The van der Waals surface area contributed by atoms with E-state index in [-0.39, 0.29) is 0 Å². The van der Waals surface area contributed by atoms with E-state index in [1.165, 1.54) is 36.2 Å². The molecule has 0 N–H and O–H groups in total. The van der Waals surface area contributed by atoms with Crippen molar-refractivity contribution in [1.82, 2.24) is 9.55 Å². The first-order valence-corrected chi connectivity index (χ1v) is 8.67. The van der Waals surface area contributed by atoms with Crippen molar-refractivity contribution in [2.75, 3.05) is 5.88 Å². The van der Waals surface area contributed by atoms with Gasteiger partial charge < -0.3 is 4.57 Å². The Balaban J connectivity index is 2.11. The molecule has 2 aromatic rings. The lowest BCUT2D eigenvalue weighted by Gasteiger charge is -2.34. The Kier molecular flexibility index (Phi) is 4.26. The molecule has 1 fully saturated rings. The fraction of sp³-hybridized carbons (Fsp3) is 0.611. The summed E-state index contributed by atoms with van der Waals surface area (Å²) in [5.74, 6) is 3.37. The number of aryl methyl sites for hydroxylation is 2. The molecule has 1 aliphatic carbocycles. The summed E-state index contributed by atoms with van der Waals surface area (Å²) in [6.45, 7) is 6.92.